The lowest BCUT2D eigenvalue weighted by molar-refractivity contribution is -0.217. The van der Waals surface area contributed by atoms with E-state index in [4.69, 9.17) is 18.9 Å². The van der Waals surface area contributed by atoms with Crippen LogP contribution in [0.1, 0.15) is 39.0 Å². The summed E-state index contributed by atoms with van der Waals surface area (Å²) in [5.41, 5.74) is -2.04. The molecule has 1 N–H and O–H groups in total. The molecular weight excluding hydrogens is 316 g/mol. The topological polar surface area (TPSA) is 91.3 Å². The Morgan fingerprint density at radius 3 is 2.25 bits per heavy atom. The Morgan fingerprint density at radius 1 is 1.08 bits per heavy atom. The van der Waals surface area contributed by atoms with Crippen molar-refractivity contribution < 1.29 is 33.6 Å². The summed E-state index contributed by atoms with van der Waals surface area (Å²) in [4.78, 5) is 25.3. The average molecular weight is 344 g/mol. The predicted octanol–water partition coefficient (Wildman–Crippen LogP) is 1.27. The van der Waals surface area contributed by atoms with Gasteiger partial charge in [-0.3, -0.25) is 9.59 Å². The van der Waals surface area contributed by atoms with Crippen molar-refractivity contribution in [2.45, 2.75) is 51.2 Å². The average Bonchev–Trinajstić information content (AvgIpc) is 2.57. The van der Waals surface area contributed by atoms with Gasteiger partial charge in [-0.1, -0.05) is 13.3 Å². The van der Waals surface area contributed by atoms with Crippen molar-refractivity contribution in [2.75, 3.05) is 28.1 Å². The molecule has 4 atom stereocenters. The minimum absolute atomic E-state index is 0.0175. The van der Waals surface area contributed by atoms with Gasteiger partial charge in [0, 0.05) is 18.9 Å². The van der Waals surface area contributed by atoms with E-state index in [0.717, 1.165) is 12.8 Å². The molecule has 0 spiro atoms. The van der Waals surface area contributed by atoms with E-state index >= 15 is 0 Å². The number of methoxy groups -OCH3 is 3. The molecule has 0 heterocycles. The summed E-state index contributed by atoms with van der Waals surface area (Å²) in [5.74, 6) is -1.60. The Balaban J connectivity index is 2.49. The van der Waals surface area contributed by atoms with Crippen molar-refractivity contribution in [3.63, 3.8) is 0 Å². The van der Waals surface area contributed by atoms with Gasteiger partial charge in [-0.05, 0) is 25.2 Å². The lowest BCUT2D eigenvalue weighted by Gasteiger charge is -2.56. The largest absolute Gasteiger partial charge is 0.468 e. The standard InChI is InChI=1S/C17H28O7/c1-16-8-11(18)9-17(14(19)22-3,15(20)23-4)12(16)6-5-7-13(16)24-10-21-2/h11-13,18H,5-10H2,1-4H3/t11-,12-,13+,16+/m0/s1. The van der Waals surface area contributed by atoms with Crippen LogP contribution in [0.5, 0.6) is 0 Å². The fourth-order valence-corrected chi connectivity index (χ4v) is 4.89. The van der Waals surface area contributed by atoms with Crippen molar-refractivity contribution in [1.29, 1.82) is 0 Å². The Hall–Kier alpha value is -1.18. The summed E-state index contributed by atoms with van der Waals surface area (Å²) in [6.07, 6.45) is 1.75. The molecule has 7 heteroatoms. The quantitative estimate of drug-likeness (QED) is 0.456. The molecule has 0 radical (unpaired) electrons. The molecule has 7 nitrogen and oxygen atoms in total. The second-order valence-corrected chi connectivity index (χ2v) is 7.07. The van der Waals surface area contributed by atoms with E-state index in [2.05, 4.69) is 0 Å². The number of esters is 2. The van der Waals surface area contributed by atoms with E-state index in [1.807, 2.05) is 6.92 Å². The summed E-state index contributed by atoms with van der Waals surface area (Å²) < 4.78 is 20.8. The summed E-state index contributed by atoms with van der Waals surface area (Å²) in [6, 6.07) is 0. The number of hydrogen-bond donors (Lipinski definition) is 1. The number of rotatable bonds is 5. The van der Waals surface area contributed by atoms with Crippen LogP contribution >= 0.6 is 0 Å². The first-order valence-corrected chi connectivity index (χ1v) is 8.32. The van der Waals surface area contributed by atoms with E-state index in [-0.39, 0.29) is 25.2 Å². The van der Waals surface area contributed by atoms with Crippen LogP contribution in [0, 0.1) is 16.7 Å². The van der Waals surface area contributed by atoms with E-state index in [0.29, 0.717) is 12.8 Å². The van der Waals surface area contributed by atoms with Gasteiger partial charge in [0.25, 0.3) is 0 Å². The summed E-state index contributed by atoms with van der Waals surface area (Å²) in [6.45, 7) is 2.10. The molecule has 2 saturated carbocycles. The zero-order valence-corrected chi connectivity index (χ0v) is 14.9. The summed E-state index contributed by atoms with van der Waals surface area (Å²) in [5, 5.41) is 10.5. The maximum atomic E-state index is 12.7. The zero-order chi connectivity index (χ0) is 18.0. The van der Waals surface area contributed by atoms with Crippen molar-refractivity contribution >= 4 is 11.9 Å². The third-order valence-electron chi connectivity index (χ3n) is 5.80. The van der Waals surface area contributed by atoms with Crippen LogP contribution in [0.3, 0.4) is 0 Å². The van der Waals surface area contributed by atoms with Crippen molar-refractivity contribution in [2.24, 2.45) is 16.7 Å². The van der Waals surface area contributed by atoms with Gasteiger partial charge in [0.05, 0.1) is 26.4 Å². The molecule has 2 aliphatic rings. The third-order valence-corrected chi connectivity index (χ3v) is 5.80. The van der Waals surface area contributed by atoms with E-state index < -0.39 is 28.9 Å². The molecule has 0 aromatic carbocycles. The molecule has 2 fully saturated rings. The monoisotopic (exact) mass is 344 g/mol. The Kier molecular flexibility index (Phi) is 5.88. The molecule has 0 aromatic heterocycles. The molecule has 24 heavy (non-hydrogen) atoms. The number of carbonyl (C=O) groups is 2. The number of fused-ring (bicyclic) bond motifs is 1. The Bertz CT molecular complexity index is 462. The molecule has 0 unspecified atom stereocenters. The van der Waals surface area contributed by atoms with Gasteiger partial charge in [-0.15, -0.1) is 0 Å². The van der Waals surface area contributed by atoms with Gasteiger partial charge in [0.1, 0.15) is 6.79 Å². The van der Waals surface area contributed by atoms with Gasteiger partial charge in [-0.25, -0.2) is 0 Å². The highest BCUT2D eigenvalue weighted by molar-refractivity contribution is 6.00. The predicted molar refractivity (Wildman–Crippen MR) is 83.9 cm³/mol. The van der Waals surface area contributed by atoms with Crippen LogP contribution in [-0.4, -0.2) is 57.4 Å². The highest BCUT2D eigenvalue weighted by Gasteiger charge is 2.66. The first kappa shape index (κ1) is 19.1. The highest BCUT2D eigenvalue weighted by atomic mass is 16.7. The van der Waals surface area contributed by atoms with Gasteiger partial charge in [0.2, 0.25) is 0 Å². The third kappa shape index (κ3) is 2.93. The van der Waals surface area contributed by atoms with Gasteiger partial charge in [-0.2, -0.15) is 0 Å². The van der Waals surface area contributed by atoms with Crippen LogP contribution in [0.2, 0.25) is 0 Å². The maximum absolute atomic E-state index is 12.7. The second-order valence-electron chi connectivity index (χ2n) is 7.07. The van der Waals surface area contributed by atoms with Gasteiger partial charge in [0.15, 0.2) is 5.41 Å². The number of hydrogen-bond acceptors (Lipinski definition) is 7. The van der Waals surface area contributed by atoms with Gasteiger partial charge >= 0.3 is 11.9 Å². The van der Waals surface area contributed by atoms with E-state index in [9.17, 15) is 14.7 Å². The van der Waals surface area contributed by atoms with E-state index in [1.54, 1.807) is 7.11 Å². The fourth-order valence-electron chi connectivity index (χ4n) is 4.89. The van der Waals surface area contributed by atoms with Crippen LogP contribution in [0.4, 0.5) is 0 Å². The van der Waals surface area contributed by atoms with Crippen LogP contribution in [-0.2, 0) is 28.5 Å². The lowest BCUT2D eigenvalue weighted by Crippen LogP contribution is -2.62. The fraction of sp³-hybridized carbons (Fsp3) is 0.882. The second kappa shape index (κ2) is 7.37. The number of ether oxygens (including phenoxy) is 4. The molecule has 138 valence electrons. The molecule has 0 aromatic rings. The molecule has 0 saturated heterocycles. The minimum atomic E-state index is -1.50. The molecule has 0 amide bonds. The molecule has 0 bridgehead atoms. The zero-order valence-electron chi connectivity index (χ0n) is 14.9. The Morgan fingerprint density at radius 2 is 1.71 bits per heavy atom. The van der Waals surface area contributed by atoms with Crippen LogP contribution < -0.4 is 0 Å². The van der Waals surface area contributed by atoms with Crippen LogP contribution in [0.25, 0.3) is 0 Å². The highest BCUT2D eigenvalue weighted by Crippen LogP contribution is 2.59. The van der Waals surface area contributed by atoms with Crippen molar-refractivity contribution in [3.05, 3.63) is 0 Å². The number of carbonyl (C=O) groups excluding carboxylic acids is 2. The number of aliphatic hydroxyl groups excluding tert-OH is 1. The summed E-state index contributed by atoms with van der Waals surface area (Å²) in [7, 11) is 4.06. The van der Waals surface area contributed by atoms with Crippen molar-refractivity contribution in [1.82, 2.24) is 0 Å². The molecular formula is C17H28O7. The van der Waals surface area contributed by atoms with E-state index in [1.165, 1.54) is 14.2 Å². The van der Waals surface area contributed by atoms with Crippen LogP contribution in [0.15, 0.2) is 0 Å². The molecule has 0 aliphatic heterocycles. The first-order valence-electron chi connectivity index (χ1n) is 8.32. The minimum Gasteiger partial charge on any atom is -0.468 e. The van der Waals surface area contributed by atoms with Gasteiger partial charge < -0.3 is 24.1 Å². The first-order chi connectivity index (χ1) is 11.4. The molecule has 2 rings (SSSR count). The normalized spacial score (nSPS) is 35.0. The SMILES string of the molecule is COCO[C@@H]1CCC[C@@H]2C(C(=O)OC)(C(=O)OC)C[C@@H](O)C[C@]21C. The Labute approximate surface area is 142 Å². The smallest absolute Gasteiger partial charge is 0.323 e. The number of aliphatic hydroxyl groups is 1. The lowest BCUT2D eigenvalue weighted by atomic mass is 9.49. The molecule has 2 aliphatic carbocycles. The maximum Gasteiger partial charge on any atom is 0.323 e. The van der Waals surface area contributed by atoms with Crippen molar-refractivity contribution in [3.8, 4) is 0 Å². The summed E-state index contributed by atoms with van der Waals surface area (Å²) >= 11 is 0.